The van der Waals surface area contributed by atoms with Crippen LogP contribution in [0, 0.1) is 11.8 Å². The minimum atomic E-state index is -2.55. The third-order valence-electron chi connectivity index (χ3n) is 7.88. The number of amides is 1. The van der Waals surface area contributed by atoms with Gasteiger partial charge < -0.3 is 29.9 Å². The van der Waals surface area contributed by atoms with Crippen molar-refractivity contribution in [2.24, 2.45) is 11.8 Å². The molecule has 0 aromatic heterocycles. The number of Topliss-reactive ketones (excluding diaryl/α,β-unsaturated/α-hetero) is 2. The number of ketones is 2. The average molecular weight is 535 g/mol. The van der Waals surface area contributed by atoms with Gasteiger partial charge in [0.2, 0.25) is 5.78 Å². The van der Waals surface area contributed by atoms with Crippen LogP contribution in [0.3, 0.4) is 0 Å². The van der Waals surface area contributed by atoms with Crippen molar-refractivity contribution in [1.82, 2.24) is 0 Å². The van der Waals surface area contributed by atoms with E-state index in [1.54, 1.807) is 25.3 Å². The Morgan fingerprint density at radius 1 is 1.03 bits per heavy atom. The number of aromatic hydroxyl groups is 1. The smallest absolute Gasteiger partial charge is 0.348 e. The molecule has 2 aromatic rings. The van der Waals surface area contributed by atoms with Crippen molar-refractivity contribution in [2.75, 3.05) is 14.2 Å². The molecule has 0 radical (unpaired) electrons. The molecule has 5 rings (SSSR count). The van der Waals surface area contributed by atoms with Crippen LogP contribution in [0.5, 0.6) is 17.2 Å². The second-order valence-corrected chi connectivity index (χ2v) is 9.94. The molecule has 3 aliphatic rings. The Hall–Kier alpha value is -4.41. The summed E-state index contributed by atoms with van der Waals surface area (Å²) in [6.07, 6.45) is 3.63. The van der Waals surface area contributed by atoms with Gasteiger partial charge in [-0.1, -0.05) is 24.3 Å². The summed E-state index contributed by atoms with van der Waals surface area (Å²) in [6.45, 7) is 0. The highest BCUT2D eigenvalue weighted by Gasteiger charge is 2.60. The largest absolute Gasteiger partial charge is 0.508 e. The summed E-state index contributed by atoms with van der Waals surface area (Å²) in [5.41, 5.74) is 1.87. The number of fused-ring (bicyclic) bond motifs is 3. The molecule has 0 bridgehead atoms. The molecule has 1 saturated carbocycles. The maximum atomic E-state index is 13.6. The van der Waals surface area contributed by atoms with Crippen molar-refractivity contribution in [2.45, 2.75) is 24.9 Å². The topological polar surface area (TPSA) is 178 Å². The highest BCUT2D eigenvalue weighted by atomic mass is 16.5. The van der Waals surface area contributed by atoms with Gasteiger partial charge in [-0.05, 0) is 53.6 Å². The summed E-state index contributed by atoms with van der Waals surface area (Å²) in [5, 5.41) is 44.0. The Labute approximate surface area is 223 Å². The van der Waals surface area contributed by atoms with Crippen molar-refractivity contribution < 1.29 is 50.0 Å². The molecule has 0 spiro atoms. The van der Waals surface area contributed by atoms with Crippen LogP contribution in [0.4, 0.5) is 0 Å². The molecule has 202 valence electrons. The zero-order valence-electron chi connectivity index (χ0n) is 21.4. The lowest BCUT2D eigenvalue weighted by molar-refractivity contribution is -0.299. The third kappa shape index (κ3) is 3.91. The number of carbonyl (C=O) groups is 3. The van der Waals surface area contributed by atoms with E-state index in [0.717, 1.165) is 5.56 Å². The van der Waals surface area contributed by atoms with Gasteiger partial charge in [-0.25, -0.2) is 4.79 Å². The van der Waals surface area contributed by atoms with Crippen LogP contribution in [-0.4, -0.2) is 57.7 Å². The fourth-order valence-corrected chi connectivity index (χ4v) is 5.98. The molecule has 0 heterocycles. The predicted octanol–water partition coefficient (Wildman–Crippen LogP) is 1.89. The fraction of sp³-hybridized carbons (Fsp3) is 0.276. The van der Waals surface area contributed by atoms with E-state index in [0.29, 0.717) is 22.6 Å². The number of phenolic OH excluding ortho intramolecular Hbond substituents is 1. The summed E-state index contributed by atoms with van der Waals surface area (Å²) in [4.78, 5) is 38.1. The second kappa shape index (κ2) is 9.40. The van der Waals surface area contributed by atoms with Crippen molar-refractivity contribution >= 4 is 35.4 Å². The molecule has 10 nitrogen and oxygen atoms in total. The van der Waals surface area contributed by atoms with E-state index in [1.165, 1.54) is 13.2 Å². The zero-order valence-corrected chi connectivity index (χ0v) is 21.4. The van der Waals surface area contributed by atoms with Crippen LogP contribution in [0.25, 0.3) is 17.9 Å². The van der Waals surface area contributed by atoms with E-state index in [1.807, 2.05) is 18.2 Å². The first-order chi connectivity index (χ1) is 18.5. The first kappa shape index (κ1) is 26.2. The Bertz CT molecular complexity index is 1530. The minimum absolute atomic E-state index is 0.0509. The van der Waals surface area contributed by atoms with Crippen molar-refractivity contribution in [3.63, 3.8) is 0 Å². The molecule has 1 amide bonds. The average Bonchev–Trinajstić information content (AvgIpc) is 2.89. The number of aliphatic hydroxyl groups excluding tert-OH is 2. The molecule has 1 fully saturated rings. The molecule has 0 aliphatic heterocycles. The van der Waals surface area contributed by atoms with Crippen LogP contribution >= 0.6 is 0 Å². The second-order valence-electron chi connectivity index (χ2n) is 9.94. The fourth-order valence-electron chi connectivity index (χ4n) is 5.98. The molecule has 39 heavy (non-hydrogen) atoms. The number of hydrogen-bond donors (Lipinski definition) is 5. The van der Waals surface area contributed by atoms with Crippen LogP contribution in [0.15, 0.2) is 47.2 Å². The summed E-state index contributed by atoms with van der Waals surface area (Å²) >= 11 is 0. The Balaban J connectivity index is 1.59. The number of phenols is 1. The van der Waals surface area contributed by atoms with Gasteiger partial charge in [0.1, 0.15) is 11.5 Å². The van der Waals surface area contributed by atoms with Gasteiger partial charge in [0.15, 0.2) is 34.2 Å². The quantitative estimate of drug-likeness (QED) is 0.283. The first-order valence-corrected chi connectivity index (χ1v) is 12.3. The normalized spacial score (nSPS) is 24.4. The maximum Gasteiger partial charge on any atom is 0.348 e. The summed E-state index contributed by atoms with van der Waals surface area (Å²) < 4.78 is 10.6. The monoisotopic (exact) mass is 534 g/mol. The minimum Gasteiger partial charge on any atom is -0.508 e. The third-order valence-corrected chi connectivity index (χ3v) is 7.88. The molecular formula is C29H28NO9+. The van der Waals surface area contributed by atoms with Crippen molar-refractivity contribution in [1.29, 1.82) is 0 Å². The first-order valence-electron chi connectivity index (χ1n) is 12.3. The van der Waals surface area contributed by atoms with E-state index in [9.17, 15) is 34.8 Å². The van der Waals surface area contributed by atoms with E-state index in [-0.39, 0.29) is 36.1 Å². The lowest BCUT2D eigenvalue weighted by atomic mass is 9.59. The van der Waals surface area contributed by atoms with Gasteiger partial charge in [0.25, 0.3) is 0 Å². The van der Waals surface area contributed by atoms with E-state index < -0.39 is 52.0 Å². The highest BCUT2D eigenvalue weighted by molar-refractivity contribution is 6.20. The number of carbonyl (C=O) groups excluding carboxylic acids is 3. The Morgan fingerprint density at radius 2 is 1.74 bits per heavy atom. The van der Waals surface area contributed by atoms with Gasteiger partial charge in [-0.3, -0.25) is 15.3 Å². The molecular weight excluding hydrogens is 506 g/mol. The number of quaternary nitrogens is 1. The zero-order chi connectivity index (χ0) is 28.2. The molecule has 3 unspecified atom stereocenters. The number of hydrogen-bond acceptors (Lipinski definition) is 9. The molecule has 0 saturated heterocycles. The summed E-state index contributed by atoms with van der Waals surface area (Å²) in [7, 11) is 3.08. The molecule has 3 aliphatic carbocycles. The van der Waals surface area contributed by atoms with Gasteiger partial charge in [-0.2, -0.15) is 0 Å². The molecule has 10 heteroatoms. The van der Waals surface area contributed by atoms with Crippen molar-refractivity contribution in [3.8, 4) is 17.2 Å². The van der Waals surface area contributed by atoms with E-state index in [4.69, 9.17) is 9.47 Å². The number of benzene rings is 2. The summed E-state index contributed by atoms with van der Waals surface area (Å²) in [5.74, 6) is -4.96. The van der Waals surface area contributed by atoms with E-state index >= 15 is 0 Å². The van der Waals surface area contributed by atoms with Gasteiger partial charge >= 0.3 is 5.91 Å². The van der Waals surface area contributed by atoms with Gasteiger partial charge in [-0.15, -0.1) is 0 Å². The Morgan fingerprint density at radius 3 is 2.41 bits per heavy atom. The molecule has 7 N–H and O–H groups in total. The Kier molecular flexibility index (Phi) is 6.32. The van der Waals surface area contributed by atoms with Crippen LogP contribution in [-0.2, 0) is 20.8 Å². The lowest BCUT2D eigenvalue weighted by Gasteiger charge is -2.45. The highest BCUT2D eigenvalue weighted by Crippen LogP contribution is 2.52. The predicted molar refractivity (Wildman–Crippen MR) is 139 cm³/mol. The lowest BCUT2D eigenvalue weighted by Crippen LogP contribution is -2.63. The number of aliphatic hydroxyl groups is 3. The number of methoxy groups -OCH3 is 2. The molecule has 3 atom stereocenters. The van der Waals surface area contributed by atoms with Crippen LogP contribution in [0.1, 0.15) is 35.1 Å². The van der Waals surface area contributed by atoms with Gasteiger partial charge in [0.05, 0.1) is 19.8 Å². The standard InChI is InChI=1S/C29H27NO9/c1-38-20-8-4-13(9-21(20)39-2)3-5-14-6-7-18(31)23-17(14)11-15-10-16-12-19(32)24(28(30)36)27(35)29(16,37)26(34)22(15)25(23)33/h3-9,15-16,31,33,35,37H,10-12H2,1-2H3,(H2,30,36)/p+1. The van der Waals surface area contributed by atoms with E-state index in [2.05, 4.69) is 5.73 Å². The maximum absolute atomic E-state index is 13.6. The SMILES string of the molecule is COc1ccc(C=Cc2ccc(O)c3c2CC2CC4CC(=O)C(C([NH3+])=O)=C(O)C4(O)C(=O)C2=C3O)cc1OC. The summed E-state index contributed by atoms with van der Waals surface area (Å²) in [6, 6.07) is 8.49. The van der Waals surface area contributed by atoms with Crippen molar-refractivity contribution in [3.05, 3.63) is 69.5 Å². The number of rotatable bonds is 5. The molecule has 2 aromatic carbocycles. The number of ether oxygens (including phenoxy) is 2. The van der Waals surface area contributed by atoms with Gasteiger partial charge in [0, 0.05) is 17.9 Å². The van der Waals surface area contributed by atoms with Crippen LogP contribution in [0.2, 0.25) is 0 Å². The van der Waals surface area contributed by atoms with Crippen LogP contribution < -0.4 is 15.2 Å².